The van der Waals surface area contributed by atoms with Crippen LogP contribution in [-0.2, 0) is 4.79 Å². The standard InChI is InChI=1S/C41H46ClN9O4/c42-34-23-32(9-6-28(34)24-43)55-31-10-7-29(8-11-31)44-40(53)35-12-13-38(47-46-35)49-19-14-27(15-20-49)25-48-18-2-3-30(26-48)50-21-16-33-36(50)4-1-5-37(33)51-22-17-39(52)45-41(51)54/h1,4-6,9,12-13,16,21,23,27,29-31H,2-3,7-8,10-11,14-15,17-20,22,25-26H2,(H,44,53)(H,45,52,54)/t29?,30-,31?/m0/s1. The normalized spacial score (nSPS) is 22.7. The number of ether oxygens (including phenoxy) is 1. The predicted octanol–water partition coefficient (Wildman–Crippen LogP) is 6.08. The maximum atomic E-state index is 13.0. The first-order valence-electron chi connectivity index (χ1n) is 19.5. The van der Waals surface area contributed by atoms with Gasteiger partial charge in [0.15, 0.2) is 11.5 Å². The van der Waals surface area contributed by atoms with Gasteiger partial charge in [0.05, 0.1) is 27.9 Å². The van der Waals surface area contributed by atoms with E-state index in [-0.39, 0.29) is 30.0 Å². The number of fused-ring (bicyclic) bond motifs is 1. The maximum absolute atomic E-state index is 13.0. The minimum atomic E-state index is -0.357. The Labute approximate surface area is 325 Å². The van der Waals surface area contributed by atoms with E-state index in [0.717, 1.165) is 106 Å². The number of carbonyl (C=O) groups is 3. The average molecular weight is 764 g/mol. The Morgan fingerprint density at radius 3 is 2.55 bits per heavy atom. The molecule has 8 rings (SSSR count). The third kappa shape index (κ3) is 8.26. The molecule has 1 saturated carbocycles. The molecular weight excluding hydrogens is 718 g/mol. The summed E-state index contributed by atoms with van der Waals surface area (Å²) in [6, 6.07) is 19.1. The number of halogens is 1. The van der Waals surface area contributed by atoms with Crippen LogP contribution >= 0.6 is 11.6 Å². The number of imide groups is 1. The van der Waals surface area contributed by atoms with Gasteiger partial charge in [-0.2, -0.15) is 5.26 Å². The van der Waals surface area contributed by atoms with E-state index in [0.29, 0.717) is 47.0 Å². The number of piperidine rings is 2. The maximum Gasteiger partial charge on any atom is 0.328 e. The molecule has 0 spiro atoms. The lowest BCUT2D eigenvalue weighted by Gasteiger charge is -2.39. The van der Waals surface area contributed by atoms with Gasteiger partial charge < -0.3 is 24.4 Å². The fourth-order valence-corrected chi connectivity index (χ4v) is 8.92. The monoisotopic (exact) mass is 763 g/mol. The Hall–Kier alpha value is -5.19. The highest BCUT2D eigenvalue weighted by atomic mass is 35.5. The number of amides is 4. The molecule has 0 unspecified atom stereocenters. The molecule has 55 heavy (non-hydrogen) atoms. The number of urea groups is 1. The van der Waals surface area contributed by atoms with Crippen molar-refractivity contribution in [1.82, 2.24) is 30.3 Å². The highest BCUT2D eigenvalue weighted by Gasteiger charge is 2.30. The molecular formula is C41H46ClN9O4. The fraction of sp³-hybridized carbons (Fsp3) is 0.463. The van der Waals surface area contributed by atoms with E-state index in [9.17, 15) is 14.4 Å². The zero-order valence-electron chi connectivity index (χ0n) is 30.8. The van der Waals surface area contributed by atoms with Crippen molar-refractivity contribution in [3.05, 3.63) is 77.1 Å². The Bertz CT molecular complexity index is 2080. The lowest BCUT2D eigenvalue weighted by Crippen LogP contribution is -2.49. The SMILES string of the molecule is N#Cc1ccc(OC2CCC(NC(=O)c3ccc(N4CCC(CN5CCC[C@H](n6ccc7c(N8CCC(=O)NC8=O)cccc76)C5)CC4)nn3)CC2)cc1Cl. The van der Waals surface area contributed by atoms with Gasteiger partial charge in [0, 0.05) is 68.9 Å². The zero-order chi connectivity index (χ0) is 37.9. The Kier molecular flexibility index (Phi) is 10.9. The molecule has 2 aromatic heterocycles. The van der Waals surface area contributed by atoms with Gasteiger partial charge in [-0.1, -0.05) is 17.7 Å². The minimum absolute atomic E-state index is 0.0325. The molecule has 4 aliphatic rings. The largest absolute Gasteiger partial charge is 0.490 e. The number of hydrogen-bond acceptors (Lipinski definition) is 9. The summed E-state index contributed by atoms with van der Waals surface area (Å²) in [4.78, 5) is 43.9. The summed E-state index contributed by atoms with van der Waals surface area (Å²) < 4.78 is 8.47. The summed E-state index contributed by atoms with van der Waals surface area (Å²) in [6.45, 7) is 5.36. The molecule has 13 nitrogen and oxygen atoms in total. The van der Waals surface area contributed by atoms with Crippen molar-refractivity contribution in [2.24, 2.45) is 5.92 Å². The molecule has 3 saturated heterocycles. The van der Waals surface area contributed by atoms with Crippen LogP contribution in [0.2, 0.25) is 5.02 Å². The van der Waals surface area contributed by atoms with E-state index >= 15 is 0 Å². The molecule has 2 N–H and O–H groups in total. The highest BCUT2D eigenvalue weighted by Crippen LogP contribution is 2.34. The van der Waals surface area contributed by atoms with Crippen molar-refractivity contribution < 1.29 is 19.1 Å². The van der Waals surface area contributed by atoms with Gasteiger partial charge in [0.25, 0.3) is 5.91 Å². The van der Waals surface area contributed by atoms with E-state index in [1.807, 2.05) is 18.2 Å². The van der Waals surface area contributed by atoms with Gasteiger partial charge in [0.2, 0.25) is 5.91 Å². The smallest absolute Gasteiger partial charge is 0.328 e. The number of likely N-dealkylation sites (tertiary alicyclic amines) is 1. The van der Waals surface area contributed by atoms with Gasteiger partial charge in [-0.15, -0.1) is 10.2 Å². The number of benzene rings is 2. The van der Waals surface area contributed by atoms with Crippen molar-refractivity contribution in [3.63, 3.8) is 0 Å². The first-order chi connectivity index (χ1) is 26.8. The molecule has 3 aliphatic heterocycles. The molecule has 4 aromatic rings. The summed E-state index contributed by atoms with van der Waals surface area (Å²) >= 11 is 6.15. The lowest BCUT2D eigenvalue weighted by atomic mass is 9.92. The van der Waals surface area contributed by atoms with Gasteiger partial charge >= 0.3 is 6.03 Å². The second-order valence-corrected chi connectivity index (χ2v) is 15.7. The highest BCUT2D eigenvalue weighted by molar-refractivity contribution is 6.31. The average Bonchev–Trinajstić information content (AvgIpc) is 3.64. The molecule has 4 fully saturated rings. The lowest BCUT2D eigenvalue weighted by molar-refractivity contribution is -0.120. The molecule has 4 amide bonds. The molecule has 0 bridgehead atoms. The quantitative estimate of drug-likeness (QED) is 0.207. The van der Waals surface area contributed by atoms with Crippen LogP contribution in [0.4, 0.5) is 16.3 Å². The molecule has 1 atom stereocenters. The van der Waals surface area contributed by atoms with Crippen LogP contribution in [0.25, 0.3) is 10.9 Å². The van der Waals surface area contributed by atoms with Crippen molar-refractivity contribution in [2.45, 2.75) is 76.0 Å². The van der Waals surface area contributed by atoms with Crippen LogP contribution in [0, 0.1) is 17.2 Å². The first kappa shape index (κ1) is 36.8. The number of hydrogen-bond donors (Lipinski definition) is 2. The van der Waals surface area contributed by atoms with Crippen LogP contribution in [-0.4, -0.2) is 88.9 Å². The second kappa shape index (κ2) is 16.3. The summed E-state index contributed by atoms with van der Waals surface area (Å²) in [5.74, 6) is 1.62. The number of aromatic nitrogens is 3. The van der Waals surface area contributed by atoms with Crippen molar-refractivity contribution in [1.29, 1.82) is 5.26 Å². The molecule has 286 valence electrons. The minimum Gasteiger partial charge on any atom is -0.490 e. The van der Waals surface area contributed by atoms with E-state index in [2.05, 4.69) is 59.6 Å². The topological polar surface area (TPSA) is 149 Å². The van der Waals surface area contributed by atoms with E-state index in [1.165, 1.54) is 0 Å². The molecule has 14 heteroatoms. The van der Waals surface area contributed by atoms with Crippen LogP contribution in [0.15, 0.2) is 60.8 Å². The van der Waals surface area contributed by atoms with Gasteiger partial charge in [-0.05, 0) is 106 Å². The van der Waals surface area contributed by atoms with Gasteiger partial charge in [-0.25, -0.2) is 4.79 Å². The summed E-state index contributed by atoms with van der Waals surface area (Å²) in [5, 5.41) is 24.8. The van der Waals surface area contributed by atoms with Crippen LogP contribution in [0.3, 0.4) is 0 Å². The summed E-state index contributed by atoms with van der Waals surface area (Å²) in [6.07, 6.45) is 10.1. The van der Waals surface area contributed by atoms with Crippen molar-refractivity contribution in [3.8, 4) is 11.8 Å². The Morgan fingerprint density at radius 1 is 0.964 bits per heavy atom. The predicted molar refractivity (Wildman–Crippen MR) is 209 cm³/mol. The first-order valence-corrected chi connectivity index (χ1v) is 19.9. The third-order valence-electron chi connectivity index (χ3n) is 11.7. The zero-order valence-corrected chi connectivity index (χ0v) is 31.6. The summed E-state index contributed by atoms with van der Waals surface area (Å²) in [5.41, 5.74) is 2.71. The summed E-state index contributed by atoms with van der Waals surface area (Å²) in [7, 11) is 0. The Morgan fingerprint density at radius 2 is 1.80 bits per heavy atom. The third-order valence-corrected chi connectivity index (χ3v) is 12.0. The number of carbonyl (C=O) groups excluding carboxylic acids is 3. The fourth-order valence-electron chi connectivity index (χ4n) is 8.71. The van der Waals surface area contributed by atoms with Crippen molar-refractivity contribution >= 4 is 51.9 Å². The molecule has 2 aromatic carbocycles. The van der Waals surface area contributed by atoms with E-state index in [1.54, 1.807) is 29.2 Å². The number of nitrogens with one attached hydrogen (secondary N) is 2. The van der Waals surface area contributed by atoms with Gasteiger partial charge in [-0.3, -0.25) is 19.8 Å². The van der Waals surface area contributed by atoms with E-state index < -0.39 is 0 Å². The second-order valence-electron chi connectivity index (χ2n) is 15.3. The van der Waals surface area contributed by atoms with Crippen LogP contribution < -0.4 is 25.2 Å². The van der Waals surface area contributed by atoms with Gasteiger partial charge in [0.1, 0.15) is 11.8 Å². The molecule has 1 aliphatic carbocycles. The van der Waals surface area contributed by atoms with Crippen LogP contribution in [0.5, 0.6) is 5.75 Å². The van der Waals surface area contributed by atoms with Crippen molar-refractivity contribution in [2.75, 3.05) is 49.1 Å². The molecule has 0 radical (unpaired) electrons. The number of anilines is 2. The Balaban J connectivity index is 0.788. The molecule has 5 heterocycles. The van der Waals surface area contributed by atoms with Crippen LogP contribution in [0.1, 0.15) is 79.9 Å². The van der Waals surface area contributed by atoms with E-state index in [4.69, 9.17) is 21.6 Å². The number of rotatable bonds is 9. The number of nitrogens with zero attached hydrogens (tertiary/aromatic N) is 7. The number of nitriles is 1.